The van der Waals surface area contributed by atoms with Crippen molar-refractivity contribution in [3.63, 3.8) is 0 Å². The van der Waals surface area contributed by atoms with E-state index in [2.05, 4.69) is 16.0 Å². The van der Waals surface area contributed by atoms with Crippen molar-refractivity contribution in [2.45, 2.75) is 6.92 Å². The number of nitrogens with zero attached hydrogens (tertiary/aromatic N) is 3. The topological polar surface area (TPSA) is 55.3 Å². The molecular weight excluding hydrogens is 358 g/mol. The van der Waals surface area contributed by atoms with Crippen molar-refractivity contribution in [3.8, 4) is 10.6 Å². The SMILES string of the molecule is Cc1cnc(Cl)nc1-c1cc2ccc(C(=O)N3CCOCC3)cc2s1. The van der Waals surface area contributed by atoms with Crippen LogP contribution in [-0.2, 0) is 4.74 Å². The summed E-state index contributed by atoms with van der Waals surface area (Å²) < 4.78 is 6.37. The fraction of sp³-hybridized carbons (Fsp3) is 0.278. The second kappa shape index (κ2) is 6.71. The summed E-state index contributed by atoms with van der Waals surface area (Å²) in [6.07, 6.45) is 1.72. The number of carbonyl (C=O) groups is 1. The monoisotopic (exact) mass is 373 g/mol. The quantitative estimate of drug-likeness (QED) is 0.641. The molecule has 25 heavy (non-hydrogen) atoms. The number of fused-ring (bicyclic) bond motifs is 1. The molecule has 1 saturated heterocycles. The van der Waals surface area contributed by atoms with Gasteiger partial charge in [0, 0.05) is 29.5 Å². The number of amides is 1. The molecule has 2 aromatic heterocycles. The molecule has 1 amide bonds. The lowest BCUT2D eigenvalue weighted by Crippen LogP contribution is -2.40. The lowest BCUT2D eigenvalue weighted by Gasteiger charge is -2.26. The molecule has 0 aliphatic carbocycles. The van der Waals surface area contributed by atoms with Gasteiger partial charge in [0.05, 0.1) is 23.8 Å². The Hall–Kier alpha value is -2.02. The summed E-state index contributed by atoms with van der Waals surface area (Å²) in [5.41, 5.74) is 2.52. The zero-order valence-electron chi connectivity index (χ0n) is 13.7. The van der Waals surface area contributed by atoms with E-state index in [1.54, 1.807) is 17.5 Å². The lowest BCUT2D eigenvalue weighted by atomic mass is 10.1. The average Bonchev–Trinajstić information content (AvgIpc) is 3.06. The Kier molecular flexibility index (Phi) is 4.41. The van der Waals surface area contributed by atoms with Crippen molar-refractivity contribution in [2.24, 2.45) is 0 Å². The molecule has 7 heteroatoms. The Bertz CT molecular complexity index is 951. The number of rotatable bonds is 2. The highest BCUT2D eigenvalue weighted by Crippen LogP contribution is 2.35. The molecule has 0 spiro atoms. The number of hydrogen-bond donors (Lipinski definition) is 0. The number of thiophene rings is 1. The van der Waals surface area contributed by atoms with Crippen LogP contribution in [-0.4, -0.2) is 47.1 Å². The molecule has 1 aliphatic heterocycles. The smallest absolute Gasteiger partial charge is 0.254 e. The number of benzene rings is 1. The Labute approximate surface area is 154 Å². The third-order valence-corrected chi connectivity index (χ3v) is 5.53. The van der Waals surface area contributed by atoms with Gasteiger partial charge in [0.25, 0.3) is 5.91 Å². The number of carbonyl (C=O) groups excluding carboxylic acids is 1. The molecule has 1 aliphatic rings. The maximum absolute atomic E-state index is 12.7. The molecule has 3 aromatic rings. The van der Waals surface area contributed by atoms with Gasteiger partial charge in [-0.25, -0.2) is 9.97 Å². The second-order valence-electron chi connectivity index (χ2n) is 5.94. The second-order valence-corrected chi connectivity index (χ2v) is 7.36. The van der Waals surface area contributed by atoms with Gasteiger partial charge in [-0.15, -0.1) is 11.3 Å². The number of morpholine rings is 1. The van der Waals surface area contributed by atoms with Crippen molar-refractivity contribution in [2.75, 3.05) is 26.3 Å². The number of hydrogen-bond acceptors (Lipinski definition) is 5. The minimum Gasteiger partial charge on any atom is -0.378 e. The zero-order chi connectivity index (χ0) is 17.4. The summed E-state index contributed by atoms with van der Waals surface area (Å²) in [5.74, 6) is 0.0569. The van der Waals surface area contributed by atoms with Crippen molar-refractivity contribution in [3.05, 3.63) is 46.9 Å². The van der Waals surface area contributed by atoms with Crippen LogP contribution < -0.4 is 0 Å². The Morgan fingerprint density at radius 2 is 2.08 bits per heavy atom. The van der Waals surface area contributed by atoms with Gasteiger partial charge in [0.2, 0.25) is 5.28 Å². The molecule has 128 valence electrons. The highest BCUT2D eigenvalue weighted by atomic mass is 35.5. The molecule has 0 bridgehead atoms. The number of aryl methyl sites for hydroxylation is 1. The van der Waals surface area contributed by atoms with Crippen LogP contribution in [0.4, 0.5) is 0 Å². The van der Waals surface area contributed by atoms with E-state index >= 15 is 0 Å². The van der Waals surface area contributed by atoms with Gasteiger partial charge in [0.1, 0.15) is 0 Å². The summed E-state index contributed by atoms with van der Waals surface area (Å²) in [4.78, 5) is 23.9. The molecule has 0 atom stereocenters. The van der Waals surface area contributed by atoms with Gasteiger partial charge in [0.15, 0.2) is 0 Å². The van der Waals surface area contributed by atoms with E-state index in [1.807, 2.05) is 30.0 Å². The van der Waals surface area contributed by atoms with Crippen LogP contribution in [0, 0.1) is 6.92 Å². The predicted molar refractivity (Wildman–Crippen MR) is 99.3 cm³/mol. The predicted octanol–water partition coefficient (Wildman–Crippen LogP) is 3.79. The van der Waals surface area contributed by atoms with E-state index in [-0.39, 0.29) is 11.2 Å². The van der Waals surface area contributed by atoms with Gasteiger partial charge in [-0.1, -0.05) is 6.07 Å². The number of aromatic nitrogens is 2. The minimum atomic E-state index is 0.0569. The number of ether oxygens (including phenoxy) is 1. The van der Waals surface area contributed by atoms with Gasteiger partial charge in [-0.3, -0.25) is 4.79 Å². The Morgan fingerprint density at radius 1 is 1.28 bits per heavy atom. The molecule has 0 unspecified atom stereocenters. The maximum Gasteiger partial charge on any atom is 0.254 e. The van der Waals surface area contributed by atoms with E-state index < -0.39 is 0 Å². The van der Waals surface area contributed by atoms with Gasteiger partial charge in [-0.2, -0.15) is 0 Å². The summed E-state index contributed by atoms with van der Waals surface area (Å²) >= 11 is 7.55. The molecule has 3 heterocycles. The fourth-order valence-electron chi connectivity index (χ4n) is 2.90. The molecule has 0 radical (unpaired) electrons. The van der Waals surface area contributed by atoms with Gasteiger partial charge >= 0.3 is 0 Å². The molecule has 0 N–H and O–H groups in total. The first-order valence-corrected chi connectivity index (χ1v) is 9.21. The van der Waals surface area contributed by atoms with Crippen molar-refractivity contribution < 1.29 is 9.53 Å². The highest BCUT2D eigenvalue weighted by molar-refractivity contribution is 7.22. The van der Waals surface area contributed by atoms with Crippen LogP contribution in [0.15, 0.2) is 30.5 Å². The van der Waals surface area contributed by atoms with E-state index in [0.717, 1.165) is 26.2 Å². The standard InChI is InChI=1S/C18H16ClN3O2S/c1-11-10-20-18(19)21-16(11)15-8-12-2-3-13(9-14(12)25-15)17(23)22-4-6-24-7-5-22/h2-3,8-10H,4-7H2,1H3. The molecule has 4 rings (SSSR count). The van der Waals surface area contributed by atoms with Crippen LogP contribution in [0.3, 0.4) is 0 Å². The zero-order valence-corrected chi connectivity index (χ0v) is 15.2. The van der Waals surface area contributed by atoms with Crippen LogP contribution in [0.25, 0.3) is 20.7 Å². The first-order chi connectivity index (χ1) is 12.1. The Morgan fingerprint density at radius 3 is 2.88 bits per heavy atom. The lowest BCUT2D eigenvalue weighted by molar-refractivity contribution is 0.0303. The minimum absolute atomic E-state index is 0.0569. The van der Waals surface area contributed by atoms with E-state index in [4.69, 9.17) is 16.3 Å². The largest absolute Gasteiger partial charge is 0.378 e. The molecule has 1 fully saturated rings. The van der Waals surface area contributed by atoms with Gasteiger partial charge in [-0.05, 0) is 47.7 Å². The first kappa shape index (κ1) is 16.4. The van der Waals surface area contributed by atoms with Crippen molar-refractivity contribution in [1.82, 2.24) is 14.9 Å². The highest BCUT2D eigenvalue weighted by Gasteiger charge is 2.19. The summed E-state index contributed by atoms with van der Waals surface area (Å²) in [7, 11) is 0. The molecular formula is C18H16ClN3O2S. The van der Waals surface area contributed by atoms with Gasteiger partial charge < -0.3 is 9.64 Å². The summed E-state index contributed by atoms with van der Waals surface area (Å²) in [5, 5.41) is 1.33. The van der Waals surface area contributed by atoms with Crippen LogP contribution in [0.2, 0.25) is 5.28 Å². The maximum atomic E-state index is 12.7. The van der Waals surface area contributed by atoms with Crippen LogP contribution in [0.1, 0.15) is 15.9 Å². The van der Waals surface area contributed by atoms with Crippen molar-refractivity contribution in [1.29, 1.82) is 0 Å². The normalized spacial score (nSPS) is 14.9. The van der Waals surface area contributed by atoms with E-state index in [1.165, 1.54) is 0 Å². The van der Waals surface area contributed by atoms with Crippen LogP contribution >= 0.6 is 22.9 Å². The molecule has 0 saturated carbocycles. The van der Waals surface area contributed by atoms with E-state index in [0.29, 0.717) is 31.9 Å². The molecule has 5 nitrogen and oxygen atoms in total. The third kappa shape index (κ3) is 3.25. The van der Waals surface area contributed by atoms with Crippen LogP contribution in [0.5, 0.6) is 0 Å². The molecule has 1 aromatic carbocycles. The van der Waals surface area contributed by atoms with Crippen molar-refractivity contribution >= 4 is 38.9 Å². The first-order valence-electron chi connectivity index (χ1n) is 8.02. The average molecular weight is 374 g/mol. The van der Waals surface area contributed by atoms with E-state index in [9.17, 15) is 4.79 Å². The Balaban J connectivity index is 1.69. The number of halogens is 1. The third-order valence-electron chi connectivity index (χ3n) is 4.24. The summed E-state index contributed by atoms with van der Waals surface area (Å²) in [6.45, 7) is 4.45. The fourth-order valence-corrected chi connectivity index (χ4v) is 4.19. The summed E-state index contributed by atoms with van der Waals surface area (Å²) in [6, 6.07) is 7.91.